The Morgan fingerprint density at radius 1 is 0.550 bits per heavy atom. The fourth-order valence-electron chi connectivity index (χ4n) is 0.906. The van der Waals surface area contributed by atoms with Crippen molar-refractivity contribution in [2.75, 3.05) is 16.4 Å². The van der Waals surface area contributed by atoms with Crippen molar-refractivity contribution in [2.24, 2.45) is 0 Å². The minimum Gasteiger partial charge on any atom is -0.399 e. The van der Waals surface area contributed by atoms with Crippen LogP contribution in [0.5, 0.6) is 0 Å². The zero-order valence-corrected chi connectivity index (χ0v) is 15.5. The van der Waals surface area contributed by atoms with E-state index in [4.69, 9.17) is 11.5 Å². The average molecular weight is 388 g/mol. The van der Waals surface area contributed by atoms with Crippen LogP contribution in [0.2, 0.25) is 0 Å². The van der Waals surface area contributed by atoms with Gasteiger partial charge in [-0.05, 0) is 29.2 Å². The van der Waals surface area contributed by atoms with E-state index < -0.39 is 0 Å². The molecule has 0 aromatic heterocycles. The predicted octanol–water partition coefficient (Wildman–Crippen LogP) is 5.64. The highest BCUT2D eigenvalue weighted by Crippen LogP contribution is 1.96. The van der Waals surface area contributed by atoms with E-state index in [9.17, 15) is 0 Å². The third kappa shape index (κ3) is 19.1. The molecule has 2 aromatic carbocycles. The minimum absolute atomic E-state index is 0.822. The van der Waals surface area contributed by atoms with Crippen molar-refractivity contribution in [3.05, 3.63) is 60.7 Å². The van der Waals surface area contributed by atoms with Crippen LogP contribution in [0, 0.1) is 0 Å². The van der Waals surface area contributed by atoms with E-state index in [2.05, 4.69) is 22.6 Å². The summed E-state index contributed by atoms with van der Waals surface area (Å²) in [6.45, 7) is 8.00. The molecule has 0 heterocycles. The maximum Gasteiger partial charge on any atom is 0.0313 e. The highest BCUT2D eigenvalue weighted by atomic mass is 127. The Morgan fingerprint density at radius 2 is 0.750 bits per heavy atom. The molecule has 2 rings (SSSR count). The Balaban J connectivity index is -0.000000211. The Bertz CT molecular complexity index is 312. The van der Waals surface area contributed by atoms with Gasteiger partial charge >= 0.3 is 0 Å². The van der Waals surface area contributed by atoms with Crippen LogP contribution in [-0.2, 0) is 0 Å². The molecule has 2 aromatic rings. The van der Waals surface area contributed by atoms with Crippen LogP contribution in [0.3, 0.4) is 0 Å². The van der Waals surface area contributed by atoms with Gasteiger partial charge in [-0.1, -0.05) is 86.7 Å². The zero-order valence-electron chi connectivity index (χ0n) is 13.3. The molecule has 0 aliphatic heterocycles. The molecule has 0 radical (unpaired) electrons. The summed E-state index contributed by atoms with van der Waals surface area (Å²) < 4.78 is 0. The standard InChI is InChI=1S/2C6H7N.2C2H6.CH3I/c2*7-6-4-2-1-3-5-6;3*1-2/h2*1-5H,7H2;2*1-2H3;1H3. The van der Waals surface area contributed by atoms with Crippen molar-refractivity contribution in [1.29, 1.82) is 0 Å². The Hall–Kier alpha value is -1.23. The summed E-state index contributed by atoms with van der Waals surface area (Å²) in [6.07, 6.45) is 0. The van der Waals surface area contributed by atoms with Crippen LogP contribution in [0.15, 0.2) is 60.7 Å². The van der Waals surface area contributed by atoms with Crippen LogP contribution in [0.1, 0.15) is 27.7 Å². The number of alkyl halides is 1. The van der Waals surface area contributed by atoms with Gasteiger partial charge in [-0.3, -0.25) is 0 Å². The van der Waals surface area contributed by atoms with Gasteiger partial charge in [0.2, 0.25) is 0 Å². The van der Waals surface area contributed by atoms with Crippen LogP contribution in [-0.4, -0.2) is 4.93 Å². The molecule has 20 heavy (non-hydrogen) atoms. The van der Waals surface area contributed by atoms with Crippen molar-refractivity contribution in [1.82, 2.24) is 0 Å². The Kier molecular flexibility index (Phi) is 27.3. The lowest BCUT2D eigenvalue weighted by Gasteiger charge is -1.83. The number of nitrogens with two attached hydrogens (primary N) is 2. The van der Waals surface area contributed by atoms with Crippen LogP contribution in [0.25, 0.3) is 0 Å². The predicted molar refractivity (Wildman–Crippen MR) is 104 cm³/mol. The van der Waals surface area contributed by atoms with Gasteiger partial charge in [-0.15, -0.1) is 0 Å². The number of anilines is 2. The second-order valence-electron chi connectivity index (χ2n) is 2.82. The largest absolute Gasteiger partial charge is 0.399 e. The van der Waals surface area contributed by atoms with Gasteiger partial charge in [0.05, 0.1) is 0 Å². The summed E-state index contributed by atoms with van der Waals surface area (Å²) >= 11 is 2.15. The number of rotatable bonds is 0. The number of hydrogen-bond donors (Lipinski definition) is 2. The Labute approximate surface area is 138 Å². The molecule has 114 valence electrons. The summed E-state index contributed by atoms with van der Waals surface area (Å²) in [5.41, 5.74) is 12.4. The summed E-state index contributed by atoms with van der Waals surface area (Å²) in [7, 11) is 0. The fourth-order valence-corrected chi connectivity index (χ4v) is 0.906. The van der Waals surface area contributed by atoms with Crippen LogP contribution >= 0.6 is 22.6 Å². The molecule has 0 amide bonds. The Morgan fingerprint density at radius 3 is 0.850 bits per heavy atom. The first-order valence-electron chi connectivity index (χ1n) is 6.78. The summed E-state index contributed by atoms with van der Waals surface area (Å²) in [5.74, 6) is 0. The lowest BCUT2D eigenvalue weighted by molar-refractivity contribution is 1.50. The normalized spacial score (nSPS) is 6.90. The molecule has 3 heteroatoms. The fraction of sp³-hybridized carbons (Fsp3) is 0.294. The third-order valence-corrected chi connectivity index (χ3v) is 1.60. The molecule has 0 aliphatic carbocycles. The summed E-state index contributed by atoms with van der Waals surface area (Å²) in [4.78, 5) is 1.97. The molecule has 0 aliphatic rings. The maximum absolute atomic E-state index is 5.36. The highest BCUT2D eigenvalue weighted by Gasteiger charge is 1.72. The van der Waals surface area contributed by atoms with Crippen molar-refractivity contribution >= 4 is 34.0 Å². The SMILES string of the molecule is CC.CC.CI.Nc1ccccc1.Nc1ccccc1. The molecule has 0 spiro atoms. The second-order valence-corrected chi connectivity index (χ2v) is 2.82. The van der Waals surface area contributed by atoms with E-state index >= 15 is 0 Å². The number of benzene rings is 2. The molecular formula is C17H29IN2. The molecular weight excluding hydrogens is 359 g/mol. The lowest BCUT2D eigenvalue weighted by Crippen LogP contribution is -1.79. The molecule has 0 saturated heterocycles. The molecule has 0 bridgehead atoms. The van der Waals surface area contributed by atoms with Gasteiger partial charge in [-0.25, -0.2) is 0 Å². The number of hydrogen-bond acceptors (Lipinski definition) is 2. The first kappa shape index (κ1) is 23.8. The first-order chi connectivity index (χ1) is 9.79. The van der Waals surface area contributed by atoms with Gasteiger partial charge in [0, 0.05) is 11.4 Å². The van der Waals surface area contributed by atoms with Crippen molar-refractivity contribution in [3.63, 3.8) is 0 Å². The first-order valence-corrected chi connectivity index (χ1v) is 8.93. The van der Waals surface area contributed by atoms with Gasteiger partial charge < -0.3 is 11.5 Å². The van der Waals surface area contributed by atoms with Gasteiger partial charge in [0.25, 0.3) is 0 Å². The van der Waals surface area contributed by atoms with E-state index in [0.29, 0.717) is 0 Å². The van der Waals surface area contributed by atoms with Crippen molar-refractivity contribution in [3.8, 4) is 0 Å². The topological polar surface area (TPSA) is 52.0 Å². The average Bonchev–Trinajstić information content (AvgIpc) is 2.55. The van der Waals surface area contributed by atoms with Crippen molar-refractivity contribution in [2.45, 2.75) is 27.7 Å². The van der Waals surface area contributed by atoms with Crippen molar-refractivity contribution < 1.29 is 0 Å². The van der Waals surface area contributed by atoms with E-state index in [-0.39, 0.29) is 0 Å². The molecule has 0 saturated carbocycles. The monoisotopic (exact) mass is 388 g/mol. The summed E-state index contributed by atoms with van der Waals surface area (Å²) in [6, 6.07) is 19.0. The van der Waals surface area contributed by atoms with Gasteiger partial charge in [0.1, 0.15) is 0 Å². The van der Waals surface area contributed by atoms with E-state index in [1.165, 1.54) is 0 Å². The molecule has 2 nitrogen and oxygen atoms in total. The number of para-hydroxylation sites is 2. The highest BCUT2D eigenvalue weighted by molar-refractivity contribution is 14.1. The number of nitrogen functional groups attached to an aromatic ring is 2. The van der Waals surface area contributed by atoms with Crippen LogP contribution < -0.4 is 11.5 Å². The quantitative estimate of drug-likeness (QED) is 0.349. The zero-order chi connectivity index (χ0) is 16.2. The molecule has 4 N–H and O–H groups in total. The minimum atomic E-state index is 0.822. The molecule has 0 atom stereocenters. The van der Waals surface area contributed by atoms with Crippen LogP contribution in [0.4, 0.5) is 11.4 Å². The maximum atomic E-state index is 5.36. The molecule has 0 fully saturated rings. The van der Waals surface area contributed by atoms with Gasteiger partial charge in [0.15, 0.2) is 0 Å². The summed E-state index contributed by atoms with van der Waals surface area (Å²) in [5, 5.41) is 0. The van der Waals surface area contributed by atoms with E-state index in [1.54, 1.807) is 0 Å². The second kappa shape index (κ2) is 22.9. The lowest BCUT2D eigenvalue weighted by atomic mass is 10.3. The smallest absolute Gasteiger partial charge is 0.0313 e. The van der Waals surface area contributed by atoms with E-state index in [0.717, 1.165) is 11.4 Å². The molecule has 0 unspecified atom stereocenters. The third-order valence-electron chi connectivity index (χ3n) is 1.60. The van der Waals surface area contributed by atoms with E-state index in [1.807, 2.05) is 93.3 Å². The van der Waals surface area contributed by atoms with Gasteiger partial charge in [-0.2, -0.15) is 0 Å². The number of halogens is 1.